The highest BCUT2D eigenvalue weighted by molar-refractivity contribution is 5.78. The van der Waals surface area contributed by atoms with E-state index in [1.807, 2.05) is 25.1 Å². The minimum absolute atomic E-state index is 0.0849. The van der Waals surface area contributed by atoms with Crippen LogP contribution in [0.25, 0.3) is 0 Å². The van der Waals surface area contributed by atoms with Crippen LogP contribution < -0.4 is 10.6 Å². The number of nitrogens with one attached hydrogen (secondary N) is 2. The average molecular weight is 400 g/mol. The number of hydrogen-bond acceptors (Lipinski definition) is 4. The van der Waals surface area contributed by atoms with E-state index in [1.165, 1.54) is 5.56 Å². The first-order chi connectivity index (χ1) is 14.1. The Labute approximate surface area is 173 Å². The molecular formula is C23H33N3O3. The summed E-state index contributed by atoms with van der Waals surface area (Å²) in [6, 6.07) is 10.3. The van der Waals surface area contributed by atoms with Crippen LogP contribution in [0.2, 0.25) is 0 Å². The fourth-order valence-electron chi connectivity index (χ4n) is 5.55. The molecule has 2 bridgehead atoms. The molecule has 3 fully saturated rings. The van der Waals surface area contributed by atoms with E-state index in [-0.39, 0.29) is 23.5 Å². The van der Waals surface area contributed by atoms with E-state index >= 15 is 0 Å². The van der Waals surface area contributed by atoms with E-state index in [4.69, 9.17) is 4.74 Å². The minimum Gasteiger partial charge on any atom is -0.370 e. The molecule has 6 heteroatoms. The lowest BCUT2D eigenvalue weighted by atomic mass is 9.73. The largest absolute Gasteiger partial charge is 0.370 e. The van der Waals surface area contributed by atoms with Crippen LogP contribution in [-0.2, 0) is 20.7 Å². The molecule has 4 rings (SSSR count). The summed E-state index contributed by atoms with van der Waals surface area (Å²) in [4.78, 5) is 26.6. The van der Waals surface area contributed by atoms with Gasteiger partial charge in [0.2, 0.25) is 11.8 Å². The molecule has 1 aromatic rings. The first-order valence-electron chi connectivity index (χ1n) is 11.1. The number of likely N-dealkylation sites (N-methyl/N-ethyl adjacent to an activating group) is 1. The molecule has 0 radical (unpaired) electrons. The predicted molar refractivity (Wildman–Crippen MR) is 111 cm³/mol. The number of fused-ring (bicyclic) bond motifs is 1. The summed E-state index contributed by atoms with van der Waals surface area (Å²) in [7, 11) is 0. The quantitative estimate of drug-likeness (QED) is 0.664. The second kappa shape index (κ2) is 8.84. The highest BCUT2D eigenvalue weighted by Crippen LogP contribution is 2.54. The van der Waals surface area contributed by atoms with Gasteiger partial charge in [-0.15, -0.1) is 0 Å². The monoisotopic (exact) mass is 399 g/mol. The average Bonchev–Trinajstić information content (AvgIpc) is 3.35. The van der Waals surface area contributed by atoms with Crippen molar-refractivity contribution in [2.75, 3.05) is 32.7 Å². The normalized spacial score (nSPS) is 30.3. The van der Waals surface area contributed by atoms with Crippen LogP contribution in [0, 0.1) is 11.8 Å². The van der Waals surface area contributed by atoms with Crippen molar-refractivity contribution in [2.45, 2.75) is 50.7 Å². The van der Waals surface area contributed by atoms with E-state index < -0.39 is 0 Å². The van der Waals surface area contributed by atoms with Crippen molar-refractivity contribution >= 4 is 11.8 Å². The lowest BCUT2D eigenvalue weighted by Crippen LogP contribution is -2.41. The number of rotatable bonds is 9. The molecule has 1 aromatic carbocycles. The minimum atomic E-state index is -0.0974. The van der Waals surface area contributed by atoms with Gasteiger partial charge in [0.25, 0.3) is 0 Å². The van der Waals surface area contributed by atoms with Crippen LogP contribution in [0.3, 0.4) is 0 Å². The summed E-state index contributed by atoms with van der Waals surface area (Å²) in [5.41, 5.74) is 1.18. The van der Waals surface area contributed by atoms with Crippen LogP contribution in [0.5, 0.6) is 0 Å². The Bertz CT molecular complexity index is 725. The topological polar surface area (TPSA) is 70.7 Å². The van der Waals surface area contributed by atoms with Gasteiger partial charge in [0.05, 0.1) is 18.2 Å². The molecule has 29 heavy (non-hydrogen) atoms. The maximum absolute atomic E-state index is 12.4. The van der Waals surface area contributed by atoms with Crippen LogP contribution in [0.15, 0.2) is 30.3 Å². The van der Waals surface area contributed by atoms with Crippen LogP contribution >= 0.6 is 0 Å². The number of amides is 2. The molecule has 0 aliphatic carbocycles. The summed E-state index contributed by atoms with van der Waals surface area (Å²) < 4.78 is 6.41. The number of hydrogen-bond donors (Lipinski definition) is 2. The molecule has 4 atom stereocenters. The molecule has 3 saturated heterocycles. The summed E-state index contributed by atoms with van der Waals surface area (Å²) >= 11 is 0. The first-order valence-corrected chi connectivity index (χ1v) is 11.1. The number of benzene rings is 1. The van der Waals surface area contributed by atoms with Gasteiger partial charge in [-0.1, -0.05) is 30.3 Å². The zero-order chi connectivity index (χ0) is 20.3. The van der Waals surface area contributed by atoms with Crippen molar-refractivity contribution < 1.29 is 14.3 Å². The van der Waals surface area contributed by atoms with E-state index in [9.17, 15) is 9.59 Å². The van der Waals surface area contributed by atoms with Gasteiger partial charge in [0, 0.05) is 44.4 Å². The van der Waals surface area contributed by atoms with E-state index in [1.54, 1.807) is 0 Å². The molecule has 2 N–H and O–H groups in total. The highest BCUT2D eigenvalue weighted by atomic mass is 16.5. The second-order valence-electron chi connectivity index (χ2n) is 8.80. The Balaban J connectivity index is 1.24. The molecule has 2 amide bonds. The lowest BCUT2D eigenvalue weighted by Gasteiger charge is -2.29. The zero-order valence-corrected chi connectivity index (χ0v) is 17.4. The number of aryl methyl sites for hydroxylation is 1. The molecule has 158 valence electrons. The van der Waals surface area contributed by atoms with Crippen molar-refractivity contribution in [3.8, 4) is 0 Å². The van der Waals surface area contributed by atoms with Crippen molar-refractivity contribution in [1.82, 2.24) is 15.5 Å². The van der Waals surface area contributed by atoms with Gasteiger partial charge < -0.3 is 15.4 Å². The molecule has 1 spiro atoms. The van der Waals surface area contributed by atoms with Gasteiger partial charge in [-0.2, -0.15) is 0 Å². The first kappa shape index (κ1) is 20.4. The van der Waals surface area contributed by atoms with Gasteiger partial charge in [-0.25, -0.2) is 0 Å². The number of ether oxygens (including phenoxy) is 1. The SMILES string of the molecule is CCNC(=O)CN1C[C@@H]2[C@H](CNC(=O)CCCc3ccccc3)[C@H]3CC[C@]2(C1)O3. The van der Waals surface area contributed by atoms with E-state index in [0.717, 1.165) is 38.8 Å². The molecule has 0 unspecified atom stereocenters. The molecular weight excluding hydrogens is 366 g/mol. The third-order valence-electron chi connectivity index (χ3n) is 6.84. The summed E-state index contributed by atoms with van der Waals surface area (Å²) in [6.45, 7) is 5.47. The maximum atomic E-state index is 12.4. The summed E-state index contributed by atoms with van der Waals surface area (Å²) in [5.74, 6) is 0.998. The molecule has 3 aliphatic rings. The number of nitrogens with zero attached hydrogens (tertiary/aromatic N) is 1. The fourth-order valence-corrected chi connectivity index (χ4v) is 5.55. The molecule has 0 saturated carbocycles. The van der Waals surface area contributed by atoms with Crippen LogP contribution in [0.1, 0.15) is 38.2 Å². The lowest BCUT2D eigenvalue weighted by molar-refractivity contribution is -0.122. The summed E-state index contributed by atoms with van der Waals surface area (Å²) in [5, 5.41) is 6.05. The predicted octanol–water partition coefficient (Wildman–Crippen LogP) is 1.74. The smallest absolute Gasteiger partial charge is 0.234 e. The Hall–Kier alpha value is -1.92. The maximum Gasteiger partial charge on any atom is 0.234 e. The number of carbonyl (C=O) groups excluding carboxylic acids is 2. The van der Waals surface area contributed by atoms with Gasteiger partial charge in [-0.3, -0.25) is 14.5 Å². The molecule has 3 heterocycles. The third kappa shape index (κ3) is 4.48. The zero-order valence-electron chi connectivity index (χ0n) is 17.4. The van der Waals surface area contributed by atoms with Crippen LogP contribution in [0.4, 0.5) is 0 Å². The van der Waals surface area contributed by atoms with Gasteiger partial charge in [0.15, 0.2) is 0 Å². The van der Waals surface area contributed by atoms with Crippen molar-refractivity contribution in [3.05, 3.63) is 35.9 Å². The molecule has 3 aliphatic heterocycles. The second-order valence-corrected chi connectivity index (χ2v) is 8.80. The Morgan fingerprint density at radius 2 is 2.03 bits per heavy atom. The third-order valence-corrected chi connectivity index (χ3v) is 6.84. The van der Waals surface area contributed by atoms with Crippen molar-refractivity contribution in [1.29, 1.82) is 0 Å². The molecule has 6 nitrogen and oxygen atoms in total. The van der Waals surface area contributed by atoms with Gasteiger partial charge in [-0.05, 0) is 38.2 Å². The summed E-state index contributed by atoms with van der Waals surface area (Å²) in [6.07, 6.45) is 4.77. The van der Waals surface area contributed by atoms with E-state index in [2.05, 4.69) is 27.7 Å². The highest BCUT2D eigenvalue weighted by Gasteiger charge is 2.62. The Morgan fingerprint density at radius 3 is 2.83 bits per heavy atom. The van der Waals surface area contributed by atoms with E-state index in [0.29, 0.717) is 37.9 Å². The molecule has 0 aromatic heterocycles. The standard InChI is InChI=1S/C23H33N3O3/c1-2-24-22(28)15-26-14-19-18(20-11-12-23(19,16-26)29-20)13-25-21(27)10-6-9-17-7-4-3-5-8-17/h3-5,7-8,18-20H,2,6,9-16H2,1H3,(H,24,28)(H,25,27)/t18-,19+,20+,23+/m0/s1. The number of carbonyl (C=O) groups is 2. The Morgan fingerprint density at radius 1 is 1.21 bits per heavy atom. The Kier molecular flexibility index (Phi) is 6.20. The fraction of sp³-hybridized carbons (Fsp3) is 0.652. The van der Waals surface area contributed by atoms with Crippen molar-refractivity contribution in [3.63, 3.8) is 0 Å². The van der Waals surface area contributed by atoms with Crippen LogP contribution in [-0.4, -0.2) is 61.1 Å². The van der Waals surface area contributed by atoms with Gasteiger partial charge >= 0.3 is 0 Å². The van der Waals surface area contributed by atoms with Gasteiger partial charge in [0.1, 0.15) is 0 Å². The van der Waals surface area contributed by atoms with Crippen molar-refractivity contribution in [2.24, 2.45) is 11.8 Å². The number of likely N-dealkylation sites (tertiary alicyclic amines) is 1.